The van der Waals surface area contributed by atoms with Crippen molar-refractivity contribution in [1.82, 2.24) is 9.13 Å². The number of nitrogens with two attached hydrogens (primary N) is 1. The molecule has 0 radical (unpaired) electrons. The van der Waals surface area contributed by atoms with E-state index in [2.05, 4.69) is 0 Å². The molecule has 6 heteroatoms. The van der Waals surface area contributed by atoms with Crippen LogP contribution in [0.25, 0.3) is 11.1 Å². The smallest absolute Gasteiger partial charge is 0.330 e. The van der Waals surface area contributed by atoms with Gasteiger partial charge in [-0.2, -0.15) is 0 Å². The summed E-state index contributed by atoms with van der Waals surface area (Å²) < 4.78 is 2.57. The van der Waals surface area contributed by atoms with E-state index in [-0.39, 0.29) is 23.9 Å². The second-order valence-electron chi connectivity index (χ2n) is 5.51. The van der Waals surface area contributed by atoms with Gasteiger partial charge in [0.25, 0.3) is 5.56 Å². The van der Waals surface area contributed by atoms with E-state index in [4.69, 9.17) is 10.8 Å². The lowest BCUT2D eigenvalue weighted by molar-refractivity contribution is 0.265. The van der Waals surface area contributed by atoms with Crippen molar-refractivity contribution in [3.05, 3.63) is 56.4 Å². The first-order chi connectivity index (χ1) is 10.4. The van der Waals surface area contributed by atoms with E-state index in [1.54, 1.807) is 14.0 Å². The molecule has 0 saturated carbocycles. The summed E-state index contributed by atoms with van der Waals surface area (Å²) >= 11 is 0. The van der Waals surface area contributed by atoms with Gasteiger partial charge >= 0.3 is 5.69 Å². The van der Waals surface area contributed by atoms with Crippen molar-refractivity contribution in [1.29, 1.82) is 0 Å². The summed E-state index contributed by atoms with van der Waals surface area (Å²) in [6.07, 6.45) is 0.570. The molecule has 2 rings (SSSR count). The van der Waals surface area contributed by atoms with Gasteiger partial charge < -0.3 is 15.4 Å². The number of hydrogen-bond acceptors (Lipinski definition) is 4. The number of benzene rings is 1. The summed E-state index contributed by atoms with van der Waals surface area (Å²) in [7, 11) is 3.12. The Morgan fingerprint density at radius 3 is 2.27 bits per heavy atom. The highest BCUT2D eigenvalue weighted by Crippen LogP contribution is 2.19. The molecule has 1 atom stereocenters. The number of aliphatic hydroxyl groups excluding tert-OH is 1. The summed E-state index contributed by atoms with van der Waals surface area (Å²) in [6.45, 7) is 1.69. The Kier molecular flexibility index (Phi) is 4.63. The third-order valence-electron chi connectivity index (χ3n) is 3.93. The minimum Gasteiger partial charge on any atom is -0.395 e. The normalized spacial score (nSPS) is 12.4. The lowest BCUT2D eigenvalue weighted by Gasteiger charge is -2.13. The van der Waals surface area contributed by atoms with Crippen molar-refractivity contribution in [3.63, 3.8) is 0 Å². The van der Waals surface area contributed by atoms with Gasteiger partial charge in [-0.1, -0.05) is 24.3 Å². The fourth-order valence-electron chi connectivity index (χ4n) is 2.45. The second-order valence-corrected chi connectivity index (χ2v) is 5.51. The largest absolute Gasteiger partial charge is 0.395 e. The van der Waals surface area contributed by atoms with Gasteiger partial charge in [-0.3, -0.25) is 9.36 Å². The molecule has 1 aromatic heterocycles. The van der Waals surface area contributed by atoms with Gasteiger partial charge in [0, 0.05) is 25.8 Å². The fourth-order valence-corrected chi connectivity index (χ4v) is 2.45. The Balaban J connectivity index is 2.50. The second kappa shape index (κ2) is 6.29. The molecule has 0 aliphatic carbocycles. The summed E-state index contributed by atoms with van der Waals surface area (Å²) in [4.78, 5) is 24.3. The quantitative estimate of drug-likeness (QED) is 0.827. The average Bonchev–Trinajstić information content (AvgIpc) is 2.52. The highest BCUT2D eigenvalue weighted by molar-refractivity contribution is 5.65. The zero-order valence-electron chi connectivity index (χ0n) is 13.0. The van der Waals surface area contributed by atoms with E-state index in [1.165, 1.54) is 11.6 Å². The maximum atomic E-state index is 12.4. The van der Waals surface area contributed by atoms with E-state index < -0.39 is 0 Å². The van der Waals surface area contributed by atoms with Gasteiger partial charge in [0.05, 0.1) is 12.2 Å². The lowest BCUT2D eigenvalue weighted by Crippen LogP contribution is -2.39. The molecule has 1 heterocycles. The first-order valence-corrected chi connectivity index (χ1v) is 7.09. The molecule has 0 fully saturated rings. The van der Waals surface area contributed by atoms with Crippen LogP contribution in [0.1, 0.15) is 11.3 Å². The number of aliphatic hydroxyl groups is 1. The topological polar surface area (TPSA) is 90.2 Å². The molecule has 0 spiro atoms. The minimum atomic E-state index is -0.336. The van der Waals surface area contributed by atoms with Crippen LogP contribution in [0, 0.1) is 6.92 Å². The summed E-state index contributed by atoms with van der Waals surface area (Å²) in [6, 6.07) is 7.16. The van der Waals surface area contributed by atoms with Gasteiger partial charge in [-0.05, 0) is 24.5 Å². The van der Waals surface area contributed by atoms with Crippen LogP contribution in [-0.2, 0) is 20.5 Å². The van der Waals surface area contributed by atoms with Gasteiger partial charge in [-0.15, -0.1) is 0 Å². The predicted octanol–water partition coefficient (Wildman–Crippen LogP) is -0.0785. The summed E-state index contributed by atoms with van der Waals surface area (Å²) in [5.74, 6) is 0. The number of nitrogens with zero attached hydrogens (tertiary/aromatic N) is 2. The molecule has 0 amide bonds. The van der Waals surface area contributed by atoms with Crippen molar-refractivity contribution in [2.45, 2.75) is 19.4 Å². The van der Waals surface area contributed by atoms with Crippen LogP contribution in [0.15, 0.2) is 33.9 Å². The Morgan fingerprint density at radius 2 is 1.73 bits per heavy atom. The maximum Gasteiger partial charge on any atom is 0.330 e. The molecule has 0 aliphatic heterocycles. The summed E-state index contributed by atoms with van der Waals surface area (Å²) in [5.41, 5.74) is 7.97. The highest BCUT2D eigenvalue weighted by Gasteiger charge is 2.14. The number of hydrogen-bond donors (Lipinski definition) is 2. The fraction of sp³-hybridized carbons (Fsp3) is 0.375. The first kappa shape index (κ1) is 16.2. The van der Waals surface area contributed by atoms with Gasteiger partial charge in [0.1, 0.15) is 0 Å². The lowest BCUT2D eigenvalue weighted by atomic mass is 10.0. The zero-order valence-corrected chi connectivity index (χ0v) is 13.0. The molecular weight excluding hydrogens is 282 g/mol. The van der Waals surface area contributed by atoms with Gasteiger partial charge in [0.15, 0.2) is 0 Å². The van der Waals surface area contributed by atoms with Gasteiger partial charge in [-0.25, -0.2) is 4.79 Å². The molecule has 0 unspecified atom stereocenters. The Hall–Kier alpha value is -2.18. The Labute approximate surface area is 128 Å². The molecule has 0 bridgehead atoms. The molecule has 0 aliphatic rings. The monoisotopic (exact) mass is 303 g/mol. The van der Waals surface area contributed by atoms with Crippen molar-refractivity contribution >= 4 is 0 Å². The van der Waals surface area contributed by atoms with Crippen molar-refractivity contribution < 1.29 is 5.11 Å². The van der Waals surface area contributed by atoms with E-state index >= 15 is 0 Å². The summed E-state index contributed by atoms with van der Waals surface area (Å²) in [5, 5.41) is 8.99. The SMILES string of the molecule is Cc1c(-c2ccc(C[C@H](N)CO)cc2)c(=O)n(C)c(=O)n1C. The Bertz CT molecular complexity index is 788. The standard InChI is InChI=1S/C16H21N3O3/c1-10-14(15(21)19(3)16(22)18(10)2)12-6-4-11(5-7-12)8-13(17)9-20/h4-7,13,20H,8-9,17H2,1-3H3/t13-/m0/s1. The van der Waals surface area contributed by atoms with E-state index in [1.807, 2.05) is 24.3 Å². The number of rotatable bonds is 4. The minimum absolute atomic E-state index is 0.0673. The molecule has 118 valence electrons. The van der Waals surface area contributed by atoms with Crippen LogP contribution in [0.4, 0.5) is 0 Å². The van der Waals surface area contributed by atoms with Crippen LogP contribution in [0.3, 0.4) is 0 Å². The maximum absolute atomic E-state index is 12.4. The van der Waals surface area contributed by atoms with E-state index in [0.29, 0.717) is 17.7 Å². The van der Waals surface area contributed by atoms with Crippen LogP contribution in [0.5, 0.6) is 0 Å². The number of aromatic nitrogens is 2. The van der Waals surface area contributed by atoms with Crippen molar-refractivity contribution in [2.24, 2.45) is 19.8 Å². The predicted molar refractivity (Wildman–Crippen MR) is 85.9 cm³/mol. The molecular formula is C16H21N3O3. The highest BCUT2D eigenvalue weighted by atomic mass is 16.3. The molecule has 3 N–H and O–H groups in total. The molecule has 1 aromatic carbocycles. The molecule has 22 heavy (non-hydrogen) atoms. The van der Waals surface area contributed by atoms with Crippen molar-refractivity contribution in [2.75, 3.05) is 6.61 Å². The van der Waals surface area contributed by atoms with Crippen LogP contribution in [-0.4, -0.2) is 26.9 Å². The van der Waals surface area contributed by atoms with Crippen LogP contribution < -0.4 is 17.0 Å². The van der Waals surface area contributed by atoms with Crippen LogP contribution in [0.2, 0.25) is 0 Å². The molecule has 0 saturated heterocycles. The third-order valence-corrected chi connectivity index (χ3v) is 3.93. The third kappa shape index (κ3) is 2.88. The van der Waals surface area contributed by atoms with E-state index in [9.17, 15) is 9.59 Å². The first-order valence-electron chi connectivity index (χ1n) is 7.09. The van der Waals surface area contributed by atoms with E-state index in [0.717, 1.165) is 15.7 Å². The van der Waals surface area contributed by atoms with Crippen molar-refractivity contribution in [3.8, 4) is 11.1 Å². The Morgan fingerprint density at radius 1 is 1.14 bits per heavy atom. The molecule has 2 aromatic rings. The molecule has 6 nitrogen and oxygen atoms in total. The van der Waals surface area contributed by atoms with Gasteiger partial charge in [0.2, 0.25) is 0 Å². The van der Waals surface area contributed by atoms with Crippen LogP contribution >= 0.6 is 0 Å². The average molecular weight is 303 g/mol. The zero-order chi connectivity index (χ0) is 16.4.